The van der Waals surface area contributed by atoms with E-state index in [1.165, 1.54) is 0 Å². The van der Waals surface area contributed by atoms with Crippen molar-refractivity contribution < 1.29 is 9.90 Å². The van der Waals surface area contributed by atoms with Crippen LogP contribution in [0.2, 0.25) is 0 Å². The molecule has 3 aromatic rings. The fourth-order valence-electron chi connectivity index (χ4n) is 2.36. The third-order valence-corrected chi connectivity index (χ3v) is 3.40. The van der Waals surface area contributed by atoms with Crippen LogP contribution in [0.5, 0.6) is 0 Å². The molecule has 0 spiro atoms. The highest BCUT2D eigenvalue weighted by atomic mass is 16.4. The number of hydrogen-bond donors (Lipinski definition) is 1. The molecule has 0 atom stereocenters. The molecule has 5 nitrogen and oxygen atoms in total. The molecule has 0 radical (unpaired) electrons. The Labute approximate surface area is 120 Å². The topological polar surface area (TPSA) is 78.9 Å². The maximum absolute atomic E-state index is 11.4. The van der Waals surface area contributed by atoms with Gasteiger partial charge in [0.1, 0.15) is 6.33 Å². The Hall–Kier alpha value is -3.13. The molecular weight excluding hydrogens is 266 g/mol. The number of nitriles is 1. The number of nitrogens with zero attached hydrogens (tertiary/aromatic N) is 3. The van der Waals surface area contributed by atoms with Crippen molar-refractivity contribution in [1.82, 2.24) is 9.55 Å². The van der Waals surface area contributed by atoms with Crippen molar-refractivity contribution in [2.75, 3.05) is 0 Å². The number of rotatable bonds is 2. The maximum atomic E-state index is 11.4. The second kappa shape index (κ2) is 4.76. The number of carbonyl (C=O) groups is 1. The van der Waals surface area contributed by atoms with Gasteiger partial charge in [-0.05, 0) is 36.8 Å². The third kappa shape index (κ3) is 2.03. The molecule has 0 saturated carbocycles. The minimum absolute atomic E-state index is 0.187. The summed E-state index contributed by atoms with van der Waals surface area (Å²) in [7, 11) is 0. The monoisotopic (exact) mass is 277 g/mol. The van der Waals surface area contributed by atoms with Crippen LogP contribution in [0, 0.1) is 18.3 Å². The van der Waals surface area contributed by atoms with Crippen molar-refractivity contribution in [3.63, 3.8) is 0 Å². The standard InChI is InChI=1S/C16H11N3O2/c1-10-5-6-11(8-17)7-14(10)19-9-18-13-4-2-3-12(15(13)19)16(20)21/h2-7,9H,1H3,(H,20,21). The summed E-state index contributed by atoms with van der Waals surface area (Å²) in [6.07, 6.45) is 1.58. The van der Waals surface area contributed by atoms with Crippen LogP contribution in [0.25, 0.3) is 16.7 Å². The van der Waals surface area contributed by atoms with Crippen molar-refractivity contribution in [3.8, 4) is 11.8 Å². The van der Waals surface area contributed by atoms with Gasteiger partial charge in [-0.1, -0.05) is 12.1 Å². The average Bonchev–Trinajstić information content (AvgIpc) is 2.91. The number of aryl methyl sites for hydroxylation is 1. The molecule has 0 aliphatic carbocycles. The highest BCUT2D eigenvalue weighted by molar-refractivity contribution is 6.01. The molecule has 21 heavy (non-hydrogen) atoms. The lowest BCUT2D eigenvalue weighted by Gasteiger charge is -2.10. The zero-order valence-electron chi connectivity index (χ0n) is 11.2. The van der Waals surface area contributed by atoms with Crippen molar-refractivity contribution in [2.24, 2.45) is 0 Å². The average molecular weight is 277 g/mol. The molecule has 0 aliphatic heterocycles. The number of para-hydroxylation sites is 1. The Balaban J connectivity index is 2.36. The Kier molecular flexibility index (Phi) is 2.92. The summed E-state index contributed by atoms with van der Waals surface area (Å²) in [6.45, 7) is 1.91. The molecule has 0 aliphatic rings. The number of benzene rings is 2. The van der Waals surface area contributed by atoms with Crippen LogP contribution in [-0.4, -0.2) is 20.6 Å². The van der Waals surface area contributed by atoms with Crippen LogP contribution in [0.4, 0.5) is 0 Å². The van der Waals surface area contributed by atoms with E-state index in [2.05, 4.69) is 11.1 Å². The smallest absolute Gasteiger partial charge is 0.337 e. The van der Waals surface area contributed by atoms with Crippen LogP contribution in [0.3, 0.4) is 0 Å². The van der Waals surface area contributed by atoms with Gasteiger partial charge in [-0.3, -0.25) is 4.57 Å². The van der Waals surface area contributed by atoms with E-state index in [1.54, 1.807) is 41.2 Å². The van der Waals surface area contributed by atoms with E-state index in [4.69, 9.17) is 5.26 Å². The van der Waals surface area contributed by atoms with E-state index in [0.29, 0.717) is 16.6 Å². The largest absolute Gasteiger partial charge is 0.478 e. The van der Waals surface area contributed by atoms with E-state index in [0.717, 1.165) is 11.3 Å². The predicted molar refractivity (Wildman–Crippen MR) is 77.5 cm³/mol. The van der Waals surface area contributed by atoms with Gasteiger partial charge >= 0.3 is 5.97 Å². The number of aromatic carboxylic acids is 1. The molecule has 0 fully saturated rings. The quantitative estimate of drug-likeness (QED) is 0.781. The van der Waals surface area contributed by atoms with E-state index in [9.17, 15) is 9.90 Å². The molecular formula is C16H11N3O2. The highest BCUT2D eigenvalue weighted by Gasteiger charge is 2.15. The molecule has 1 N–H and O–H groups in total. The first-order valence-electron chi connectivity index (χ1n) is 6.32. The molecule has 2 aromatic carbocycles. The van der Waals surface area contributed by atoms with Crippen molar-refractivity contribution in [3.05, 3.63) is 59.4 Å². The predicted octanol–water partition coefficient (Wildman–Crippen LogP) is 2.90. The lowest BCUT2D eigenvalue weighted by molar-refractivity contribution is 0.0698. The number of aromatic nitrogens is 2. The molecule has 1 aromatic heterocycles. The summed E-state index contributed by atoms with van der Waals surface area (Å²) in [4.78, 5) is 15.7. The molecule has 0 bridgehead atoms. The molecule has 5 heteroatoms. The van der Waals surface area contributed by atoms with E-state index in [1.807, 2.05) is 13.0 Å². The van der Waals surface area contributed by atoms with Crippen LogP contribution in [0.15, 0.2) is 42.7 Å². The number of hydrogen-bond acceptors (Lipinski definition) is 3. The normalized spacial score (nSPS) is 10.5. The van der Waals surface area contributed by atoms with Gasteiger partial charge in [-0.15, -0.1) is 0 Å². The van der Waals surface area contributed by atoms with Crippen molar-refractivity contribution in [2.45, 2.75) is 6.92 Å². The molecule has 1 heterocycles. The van der Waals surface area contributed by atoms with Gasteiger partial charge in [-0.25, -0.2) is 9.78 Å². The third-order valence-electron chi connectivity index (χ3n) is 3.40. The Morgan fingerprint density at radius 2 is 2.14 bits per heavy atom. The van der Waals surface area contributed by atoms with Crippen LogP contribution >= 0.6 is 0 Å². The zero-order chi connectivity index (χ0) is 15.0. The van der Waals surface area contributed by atoms with Gasteiger partial charge in [0.25, 0.3) is 0 Å². The van der Waals surface area contributed by atoms with E-state index < -0.39 is 5.97 Å². The minimum atomic E-state index is -1.00. The van der Waals surface area contributed by atoms with Gasteiger partial charge in [-0.2, -0.15) is 5.26 Å². The fraction of sp³-hybridized carbons (Fsp3) is 0.0625. The van der Waals surface area contributed by atoms with E-state index >= 15 is 0 Å². The molecule has 0 unspecified atom stereocenters. The molecule has 102 valence electrons. The SMILES string of the molecule is Cc1ccc(C#N)cc1-n1cnc2cccc(C(=O)O)c21. The number of imidazole rings is 1. The molecule has 0 amide bonds. The van der Waals surface area contributed by atoms with Crippen LogP contribution < -0.4 is 0 Å². The van der Waals surface area contributed by atoms with Crippen molar-refractivity contribution >= 4 is 17.0 Å². The van der Waals surface area contributed by atoms with Crippen LogP contribution in [-0.2, 0) is 0 Å². The first-order valence-corrected chi connectivity index (χ1v) is 6.32. The van der Waals surface area contributed by atoms with Gasteiger partial charge < -0.3 is 5.11 Å². The first kappa shape index (κ1) is 12.9. The number of carboxylic acid groups (broad SMARTS) is 1. The van der Waals surface area contributed by atoms with Gasteiger partial charge in [0.2, 0.25) is 0 Å². The summed E-state index contributed by atoms with van der Waals surface area (Å²) in [6, 6.07) is 12.4. The Bertz CT molecular complexity index is 904. The lowest BCUT2D eigenvalue weighted by Crippen LogP contribution is -2.03. The lowest BCUT2D eigenvalue weighted by atomic mass is 10.1. The first-order chi connectivity index (χ1) is 10.1. The van der Waals surface area contributed by atoms with Gasteiger partial charge in [0.05, 0.1) is 33.9 Å². The summed E-state index contributed by atoms with van der Waals surface area (Å²) < 4.78 is 1.72. The number of fused-ring (bicyclic) bond motifs is 1. The maximum Gasteiger partial charge on any atom is 0.337 e. The van der Waals surface area contributed by atoms with Crippen molar-refractivity contribution in [1.29, 1.82) is 5.26 Å². The second-order valence-corrected chi connectivity index (χ2v) is 4.71. The second-order valence-electron chi connectivity index (χ2n) is 4.71. The highest BCUT2D eigenvalue weighted by Crippen LogP contribution is 2.24. The minimum Gasteiger partial charge on any atom is -0.478 e. The summed E-state index contributed by atoms with van der Waals surface area (Å²) in [5.74, 6) is -1.00. The Morgan fingerprint density at radius 1 is 1.33 bits per heavy atom. The summed E-state index contributed by atoms with van der Waals surface area (Å²) in [5, 5.41) is 18.4. The number of carboxylic acids is 1. The molecule has 0 saturated heterocycles. The molecule has 3 rings (SSSR count). The Morgan fingerprint density at radius 3 is 2.86 bits per heavy atom. The van der Waals surface area contributed by atoms with Gasteiger partial charge in [0.15, 0.2) is 0 Å². The summed E-state index contributed by atoms with van der Waals surface area (Å²) >= 11 is 0. The zero-order valence-corrected chi connectivity index (χ0v) is 11.2. The summed E-state index contributed by atoms with van der Waals surface area (Å²) in [5.41, 5.74) is 3.54. The fourth-order valence-corrected chi connectivity index (χ4v) is 2.36. The van der Waals surface area contributed by atoms with Gasteiger partial charge in [0, 0.05) is 0 Å². The van der Waals surface area contributed by atoms with Crippen LogP contribution in [0.1, 0.15) is 21.5 Å². The van der Waals surface area contributed by atoms with E-state index in [-0.39, 0.29) is 5.56 Å².